The third-order valence-electron chi connectivity index (χ3n) is 0. The molecule has 0 fully saturated rings. The average Bonchev–Trinajstić information content (AvgIpc) is 0.722. The maximum absolute atomic E-state index is 7.62. The van der Waals surface area contributed by atoms with Crippen LogP contribution in [0, 0.1) is 0 Å². The summed E-state index contributed by atoms with van der Waals surface area (Å²) in [6, 6.07) is 0. The van der Waals surface area contributed by atoms with E-state index >= 15 is 0 Å². The molecule has 0 aromatic heterocycles. The van der Waals surface area contributed by atoms with Crippen LogP contribution >= 0.6 is 10.4 Å². The van der Waals surface area contributed by atoms with Crippen molar-refractivity contribution in [2.45, 2.75) is 0 Å². The Kier molecular flexibility index (Phi) is 22.2. The van der Waals surface area contributed by atoms with Crippen LogP contribution in [0.3, 0.4) is 0 Å². The molecule has 0 aliphatic heterocycles. The predicted octanol–water partition coefficient (Wildman–Crippen LogP) is -0.918. The van der Waals surface area contributed by atoms with Crippen LogP contribution in [-0.4, -0.2) is 25.2 Å². The molecule has 6 nitrogen and oxygen atoms in total. The first-order valence-electron chi connectivity index (χ1n) is 0.783. The molecule has 0 radical (unpaired) electrons. The first kappa shape index (κ1) is 23.6. The van der Waals surface area contributed by atoms with Gasteiger partial charge in [-0.05, 0) is 0 Å². The molecule has 0 aromatic carbocycles. The van der Waals surface area contributed by atoms with Crippen molar-refractivity contribution in [3.63, 3.8) is 0 Å². The van der Waals surface area contributed by atoms with Gasteiger partial charge in [-0.3, -0.25) is 0 Å². The summed E-state index contributed by atoms with van der Waals surface area (Å²) in [5.74, 6) is 0. The van der Waals surface area contributed by atoms with Gasteiger partial charge in [-0.25, -0.2) is 0 Å². The van der Waals surface area contributed by atoms with Gasteiger partial charge in [0.2, 0.25) is 0 Å². The van der Waals surface area contributed by atoms with Gasteiger partial charge in [0, 0.05) is 0 Å². The summed E-state index contributed by atoms with van der Waals surface area (Å²) in [4.78, 5) is 0. The molecule has 0 spiro atoms. The fourth-order valence-electron chi connectivity index (χ4n) is 0. The SMILES string of the molecule is N.N.N.O[As](O)(O)=S. The summed E-state index contributed by atoms with van der Waals surface area (Å²) in [7, 11) is 3.66. The minimum absolute atomic E-state index is 0. The minimum atomic E-state index is -4.29. The van der Waals surface area contributed by atoms with Gasteiger partial charge in [0.25, 0.3) is 0 Å². The van der Waals surface area contributed by atoms with Crippen LogP contribution in [0.1, 0.15) is 0 Å². The quantitative estimate of drug-likeness (QED) is 0.280. The summed E-state index contributed by atoms with van der Waals surface area (Å²) in [5.41, 5.74) is 0. The van der Waals surface area contributed by atoms with Crippen molar-refractivity contribution in [3.05, 3.63) is 0 Å². The second-order valence-electron chi connectivity index (χ2n) is 0.513. The van der Waals surface area contributed by atoms with Crippen LogP contribution < -0.4 is 18.5 Å². The summed E-state index contributed by atoms with van der Waals surface area (Å²) in [5, 5.41) is 0. The molecular formula is H12AsN3O3S. The average molecular weight is 209 g/mol. The standard InChI is InChI=1S/AsH3O3S.3H3N/c2-1(3,4)5;;;/h(H3,2,3,4,5);3*1H3. The first-order valence-corrected chi connectivity index (χ1v) is 5.96. The third-order valence-corrected chi connectivity index (χ3v) is 0. The summed E-state index contributed by atoms with van der Waals surface area (Å²) >= 11 is -4.29. The Morgan fingerprint density at radius 1 is 0.875 bits per heavy atom. The van der Waals surface area contributed by atoms with E-state index in [1.165, 1.54) is 0 Å². The van der Waals surface area contributed by atoms with Crippen LogP contribution in [0.2, 0.25) is 0 Å². The molecule has 12 N–H and O–H groups in total. The molecule has 8 heavy (non-hydrogen) atoms. The second-order valence-corrected chi connectivity index (χ2v) is 5.21. The Hall–Kier alpha value is 0.538. The zero-order chi connectivity index (χ0) is 4.50. The van der Waals surface area contributed by atoms with E-state index in [1.807, 2.05) is 0 Å². The van der Waals surface area contributed by atoms with E-state index in [2.05, 4.69) is 10.4 Å². The molecule has 0 saturated heterocycles. The molecule has 0 amide bonds. The van der Waals surface area contributed by atoms with E-state index in [4.69, 9.17) is 12.3 Å². The molecule has 0 atom stereocenters. The van der Waals surface area contributed by atoms with Gasteiger partial charge in [-0.2, -0.15) is 0 Å². The number of hydrogen-bond acceptors (Lipinski definition) is 4. The van der Waals surface area contributed by atoms with E-state index in [9.17, 15) is 0 Å². The Morgan fingerprint density at radius 3 is 0.875 bits per heavy atom. The van der Waals surface area contributed by atoms with Crippen molar-refractivity contribution >= 4 is 23.3 Å². The van der Waals surface area contributed by atoms with Crippen molar-refractivity contribution in [3.8, 4) is 0 Å². The molecule has 0 rings (SSSR count). The van der Waals surface area contributed by atoms with Gasteiger partial charge in [0.15, 0.2) is 0 Å². The van der Waals surface area contributed by atoms with Gasteiger partial charge in [-0.15, -0.1) is 0 Å². The number of hydrogen-bond donors (Lipinski definition) is 6. The van der Waals surface area contributed by atoms with Crippen LogP contribution in [0.15, 0.2) is 0 Å². The molecule has 0 heterocycles. The fourth-order valence-corrected chi connectivity index (χ4v) is 0. The van der Waals surface area contributed by atoms with E-state index in [-0.39, 0.29) is 18.5 Å². The zero-order valence-electron chi connectivity index (χ0n) is 4.32. The normalized spacial score (nSPS) is 7.38. The Labute approximate surface area is 54.6 Å². The van der Waals surface area contributed by atoms with Crippen molar-refractivity contribution in [1.29, 1.82) is 0 Å². The summed E-state index contributed by atoms with van der Waals surface area (Å²) in [6.45, 7) is 0. The van der Waals surface area contributed by atoms with Gasteiger partial charge >= 0.3 is 35.6 Å². The molecular weight excluding hydrogens is 197 g/mol. The third kappa shape index (κ3) is 692. The number of rotatable bonds is 0. The molecule has 0 saturated carbocycles. The topological polar surface area (TPSA) is 166 Å². The van der Waals surface area contributed by atoms with Gasteiger partial charge in [-0.1, -0.05) is 0 Å². The van der Waals surface area contributed by atoms with E-state index in [0.717, 1.165) is 0 Å². The van der Waals surface area contributed by atoms with Crippen molar-refractivity contribution in [2.24, 2.45) is 0 Å². The van der Waals surface area contributed by atoms with Crippen molar-refractivity contribution < 1.29 is 12.3 Å². The zero-order valence-corrected chi connectivity index (χ0v) is 7.01. The Balaban J connectivity index is -0.0000000267. The first-order chi connectivity index (χ1) is 2.00. The fraction of sp³-hybridized carbons (Fsp3) is 0. The summed E-state index contributed by atoms with van der Waals surface area (Å²) < 4.78 is 22.9. The molecule has 0 unspecified atom stereocenters. The monoisotopic (exact) mass is 209 g/mol. The van der Waals surface area contributed by atoms with E-state index < -0.39 is 12.9 Å². The molecule has 0 aliphatic rings. The van der Waals surface area contributed by atoms with Crippen molar-refractivity contribution in [2.75, 3.05) is 0 Å². The Bertz CT molecular complexity index is 60.7. The van der Waals surface area contributed by atoms with E-state index in [1.54, 1.807) is 0 Å². The van der Waals surface area contributed by atoms with Gasteiger partial charge < -0.3 is 18.5 Å². The molecule has 0 aliphatic carbocycles. The molecule has 8 heteroatoms. The van der Waals surface area contributed by atoms with Gasteiger partial charge in [0.05, 0.1) is 0 Å². The van der Waals surface area contributed by atoms with Crippen LogP contribution in [0.4, 0.5) is 0 Å². The van der Waals surface area contributed by atoms with Gasteiger partial charge in [0.1, 0.15) is 0 Å². The predicted molar refractivity (Wildman–Crippen MR) is 35.1 cm³/mol. The van der Waals surface area contributed by atoms with Crippen molar-refractivity contribution in [1.82, 2.24) is 18.5 Å². The molecule has 0 bridgehead atoms. The van der Waals surface area contributed by atoms with Crippen LogP contribution in [0.5, 0.6) is 0 Å². The molecule has 56 valence electrons. The second kappa shape index (κ2) is 7.54. The molecule has 0 aromatic rings. The summed E-state index contributed by atoms with van der Waals surface area (Å²) in [6.07, 6.45) is 0. The van der Waals surface area contributed by atoms with Crippen LogP contribution in [0.25, 0.3) is 0 Å². The maximum atomic E-state index is 7.62. The van der Waals surface area contributed by atoms with Crippen LogP contribution in [-0.2, 0) is 0 Å². The van der Waals surface area contributed by atoms with E-state index in [0.29, 0.717) is 0 Å². The Morgan fingerprint density at radius 2 is 0.875 bits per heavy atom.